The number of nitrogens with one attached hydrogen (secondary N) is 1. The normalized spacial score (nSPS) is 11.2. The Balaban J connectivity index is 2.33. The number of hydrogen-bond donors (Lipinski definition) is 1. The second kappa shape index (κ2) is 6.64. The summed E-state index contributed by atoms with van der Waals surface area (Å²) in [7, 11) is 2.14. The molecule has 0 bridgehead atoms. The van der Waals surface area contributed by atoms with Gasteiger partial charge in [0.25, 0.3) is 0 Å². The molecule has 0 fully saturated rings. The molecule has 0 aliphatic rings. The summed E-state index contributed by atoms with van der Waals surface area (Å²) in [4.78, 5) is 2.31. The summed E-state index contributed by atoms with van der Waals surface area (Å²) in [6.45, 7) is 8.39. The van der Waals surface area contributed by atoms with Crippen molar-refractivity contribution in [1.29, 1.82) is 0 Å². The molecule has 3 nitrogen and oxygen atoms in total. The van der Waals surface area contributed by atoms with Gasteiger partial charge < -0.3 is 14.6 Å². The zero-order chi connectivity index (χ0) is 11.1. The lowest BCUT2D eigenvalue weighted by Gasteiger charge is -2.16. The lowest BCUT2D eigenvalue weighted by atomic mass is 10.2. The molecular formula is C12H22N2O. The van der Waals surface area contributed by atoms with E-state index in [0.717, 1.165) is 38.4 Å². The van der Waals surface area contributed by atoms with E-state index in [0.29, 0.717) is 0 Å². The molecule has 0 radical (unpaired) electrons. The van der Waals surface area contributed by atoms with E-state index in [1.807, 2.05) is 0 Å². The zero-order valence-corrected chi connectivity index (χ0v) is 10.0. The molecule has 0 aliphatic carbocycles. The monoisotopic (exact) mass is 210 g/mol. The Morgan fingerprint density at radius 3 is 2.87 bits per heavy atom. The molecule has 0 amide bonds. The van der Waals surface area contributed by atoms with Crippen molar-refractivity contribution in [3.8, 4) is 0 Å². The highest BCUT2D eigenvalue weighted by Crippen LogP contribution is 2.12. The molecule has 0 aliphatic heterocycles. The molecule has 0 spiro atoms. The van der Waals surface area contributed by atoms with Gasteiger partial charge in [0, 0.05) is 31.6 Å². The maximum Gasteiger partial charge on any atom is 0.107 e. The zero-order valence-electron chi connectivity index (χ0n) is 10.0. The third-order valence-corrected chi connectivity index (χ3v) is 2.52. The van der Waals surface area contributed by atoms with E-state index in [1.165, 1.54) is 5.56 Å². The lowest BCUT2D eigenvalue weighted by Crippen LogP contribution is -2.28. The van der Waals surface area contributed by atoms with Gasteiger partial charge in [-0.3, -0.25) is 0 Å². The van der Waals surface area contributed by atoms with Gasteiger partial charge >= 0.3 is 0 Å². The SMILES string of the molecule is CCNCCN(C)Cc1ccoc1CC. The molecular weight excluding hydrogens is 188 g/mol. The van der Waals surface area contributed by atoms with Crippen molar-refractivity contribution in [2.45, 2.75) is 26.8 Å². The quantitative estimate of drug-likeness (QED) is 0.697. The smallest absolute Gasteiger partial charge is 0.107 e. The molecule has 1 N–H and O–H groups in total. The van der Waals surface area contributed by atoms with Crippen molar-refractivity contribution >= 4 is 0 Å². The fourth-order valence-corrected chi connectivity index (χ4v) is 1.63. The molecule has 1 aromatic heterocycles. The highest BCUT2D eigenvalue weighted by Gasteiger charge is 2.06. The predicted molar refractivity (Wildman–Crippen MR) is 63.0 cm³/mol. The van der Waals surface area contributed by atoms with Crippen molar-refractivity contribution in [2.75, 3.05) is 26.7 Å². The first-order valence-electron chi connectivity index (χ1n) is 5.72. The molecule has 0 atom stereocenters. The average Bonchev–Trinajstić information content (AvgIpc) is 2.65. The summed E-state index contributed by atoms with van der Waals surface area (Å²) < 4.78 is 5.40. The second-order valence-electron chi connectivity index (χ2n) is 3.81. The van der Waals surface area contributed by atoms with Gasteiger partial charge in [-0.05, 0) is 19.7 Å². The Morgan fingerprint density at radius 1 is 1.40 bits per heavy atom. The maximum atomic E-state index is 5.40. The molecule has 1 heterocycles. The largest absolute Gasteiger partial charge is 0.469 e. The first-order valence-corrected chi connectivity index (χ1v) is 5.72. The van der Waals surface area contributed by atoms with Crippen molar-refractivity contribution in [1.82, 2.24) is 10.2 Å². The summed E-state index contributed by atoms with van der Waals surface area (Å²) in [5.41, 5.74) is 1.32. The predicted octanol–water partition coefficient (Wildman–Crippen LogP) is 1.88. The van der Waals surface area contributed by atoms with E-state index in [2.05, 4.69) is 37.2 Å². The second-order valence-corrected chi connectivity index (χ2v) is 3.81. The van der Waals surface area contributed by atoms with Crippen LogP contribution in [0.3, 0.4) is 0 Å². The first-order chi connectivity index (χ1) is 7.27. The van der Waals surface area contributed by atoms with Crippen molar-refractivity contribution in [3.63, 3.8) is 0 Å². The third kappa shape index (κ3) is 4.06. The molecule has 1 rings (SSSR count). The van der Waals surface area contributed by atoms with E-state index < -0.39 is 0 Å². The highest BCUT2D eigenvalue weighted by atomic mass is 16.3. The minimum absolute atomic E-state index is 0.976. The Kier molecular flexibility index (Phi) is 5.43. The molecule has 1 aromatic rings. The Labute approximate surface area is 92.5 Å². The van der Waals surface area contributed by atoms with E-state index in [1.54, 1.807) is 6.26 Å². The minimum Gasteiger partial charge on any atom is -0.469 e. The van der Waals surface area contributed by atoms with Crippen LogP contribution in [0.25, 0.3) is 0 Å². The summed E-state index contributed by atoms with van der Waals surface area (Å²) >= 11 is 0. The summed E-state index contributed by atoms with van der Waals surface area (Å²) in [6, 6.07) is 2.07. The van der Waals surface area contributed by atoms with E-state index in [-0.39, 0.29) is 0 Å². The number of aryl methyl sites for hydroxylation is 1. The van der Waals surface area contributed by atoms with Gasteiger partial charge in [0.2, 0.25) is 0 Å². The van der Waals surface area contributed by atoms with Crippen LogP contribution in [0, 0.1) is 0 Å². The van der Waals surface area contributed by atoms with E-state index >= 15 is 0 Å². The Morgan fingerprint density at radius 2 is 2.20 bits per heavy atom. The fourth-order valence-electron chi connectivity index (χ4n) is 1.63. The Bertz CT molecular complexity index is 270. The number of furan rings is 1. The van der Waals surface area contributed by atoms with Crippen molar-refractivity contribution in [3.05, 3.63) is 23.7 Å². The van der Waals surface area contributed by atoms with Crippen LogP contribution in [0.4, 0.5) is 0 Å². The highest BCUT2D eigenvalue weighted by molar-refractivity contribution is 5.16. The van der Waals surface area contributed by atoms with Crippen molar-refractivity contribution in [2.24, 2.45) is 0 Å². The fraction of sp³-hybridized carbons (Fsp3) is 0.667. The van der Waals surface area contributed by atoms with Crippen LogP contribution in [0.15, 0.2) is 16.7 Å². The summed E-state index contributed by atoms with van der Waals surface area (Å²) in [5.74, 6) is 1.12. The van der Waals surface area contributed by atoms with E-state index in [9.17, 15) is 0 Å². The maximum absolute atomic E-state index is 5.40. The van der Waals surface area contributed by atoms with Crippen LogP contribution in [0.5, 0.6) is 0 Å². The van der Waals surface area contributed by atoms with Gasteiger partial charge in [0.15, 0.2) is 0 Å². The van der Waals surface area contributed by atoms with Gasteiger partial charge in [0.05, 0.1) is 6.26 Å². The van der Waals surface area contributed by atoms with Gasteiger partial charge in [-0.25, -0.2) is 0 Å². The van der Waals surface area contributed by atoms with Gasteiger partial charge in [0.1, 0.15) is 5.76 Å². The lowest BCUT2D eigenvalue weighted by molar-refractivity contribution is 0.322. The first kappa shape index (κ1) is 12.3. The van der Waals surface area contributed by atoms with E-state index in [4.69, 9.17) is 4.42 Å². The molecule has 15 heavy (non-hydrogen) atoms. The standard InChI is InChI=1S/C12H22N2O/c1-4-12-11(6-9-15-12)10-14(3)8-7-13-5-2/h6,9,13H,4-5,7-8,10H2,1-3H3. The number of likely N-dealkylation sites (N-methyl/N-ethyl adjacent to an activating group) is 2. The number of nitrogens with zero attached hydrogens (tertiary/aromatic N) is 1. The van der Waals surface area contributed by atoms with Crippen LogP contribution in [-0.4, -0.2) is 31.6 Å². The topological polar surface area (TPSA) is 28.4 Å². The molecule has 0 unspecified atom stereocenters. The van der Waals surface area contributed by atoms with Crippen LogP contribution in [0.1, 0.15) is 25.2 Å². The Hall–Kier alpha value is -0.800. The van der Waals surface area contributed by atoms with Crippen LogP contribution >= 0.6 is 0 Å². The molecule has 0 saturated heterocycles. The van der Waals surface area contributed by atoms with Gasteiger partial charge in [-0.15, -0.1) is 0 Å². The minimum atomic E-state index is 0.976. The van der Waals surface area contributed by atoms with Crippen LogP contribution in [-0.2, 0) is 13.0 Å². The van der Waals surface area contributed by atoms with Crippen molar-refractivity contribution < 1.29 is 4.42 Å². The van der Waals surface area contributed by atoms with Crippen LogP contribution in [0.2, 0.25) is 0 Å². The third-order valence-electron chi connectivity index (χ3n) is 2.52. The summed E-state index contributed by atoms with van der Waals surface area (Å²) in [5, 5.41) is 3.32. The molecule has 0 saturated carbocycles. The summed E-state index contributed by atoms with van der Waals surface area (Å²) in [6.07, 6.45) is 2.76. The van der Waals surface area contributed by atoms with Gasteiger partial charge in [-0.1, -0.05) is 13.8 Å². The molecule has 86 valence electrons. The number of hydrogen-bond acceptors (Lipinski definition) is 3. The number of rotatable bonds is 7. The average molecular weight is 210 g/mol. The molecule has 3 heteroatoms. The van der Waals surface area contributed by atoms with Gasteiger partial charge in [-0.2, -0.15) is 0 Å². The van der Waals surface area contributed by atoms with Crippen LogP contribution < -0.4 is 5.32 Å². The molecule has 0 aromatic carbocycles.